The number of hydrogen-bond acceptors (Lipinski definition) is 2. The predicted octanol–water partition coefficient (Wildman–Crippen LogP) is 3.73. The second-order valence-corrected chi connectivity index (χ2v) is 5.65. The molecule has 18 heavy (non-hydrogen) atoms. The van der Waals surface area contributed by atoms with Crippen LogP contribution in [0.1, 0.15) is 31.2 Å². The van der Waals surface area contributed by atoms with E-state index in [-0.39, 0.29) is 12.6 Å². The van der Waals surface area contributed by atoms with Crippen LogP contribution in [0, 0.1) is 0 Å². The van der Waals surface area contributed by atoms with Crippen molar-refractivity contribution in [2.75, 3.05) is 13.2 Å². The smallest absolute Gasteiger partial charge is 0.0637 e. The van der Waals surface area contributed by atoms with Crippen LogP contribution in [0.25, 0.3) is 0 Å². The van der Waals surface area contributed by atoms with E-state index in [0.717, 1.165) is 25.1 Å². The normalized spacial score (nSPS) is 21.8. The maximum absolute atomic E-state index is 9.49. The van der Waals surface area contributed by atoms with Crippen LogP contribution in [-0.2, 0) is 6.54 Å². The van der Waals surface area contributed by atoms with Crippen LogP contribution >= 0.6 is 23.2 Å². The van der Waals surface area contributed by atoms with Gasteiger partial charge in [-0.3, -0.25) is 4.90 Å². The Labute approximate surface area is 119 Å². The van der Waals surface area contributed by atoms with Crippen molar-refractivity contribution in [2.45, 2.75) is 38.3 Å². The Morgan fingerprint density at radius 2 is 2.06 bits per heavy atom. The fraction of sp³-hybridized carbons (Fsp3) is 0.571. The topological polar surface area (TPSA) is 23.5 Å². The highest BCUT2D eigenvalue weighted by atomic mass is 35.5. The van der Waals surface area contributed by atoms with Crippen molar-refractivity contribution in [1.82, 2.24) is 4.90 Å². The molecule has 0 saturated carbocycles. The van der Waals surface area contributed by atoms with Gasteiger partial charge in [0, 0.05) is 12.6 Å². The van der Waals surface area contributed by atoms with E-state index in [1.165, 1.54) is 19.3 Å². The largest absolute Gasteiger partial charge is 0.395 e. The van der Waals surface area contributed by atoms with Gasteiger partial charge >= 0.3 is 0 Å². The van der Waals surface area contributed by atoms with Crippen LogP contribution in [-0.4, -0.2) is 29.2 Å². The van der Waals surface area contributed by atoms with Gasteiger partial charge < -0.3 is 5.11 Å². The minimum Gasteiger partial charge on any atom is -0.395 e. The maximum Gasteiger partial charge on any atom is 0.0637 e. The van der Waals surface area contributed by atoms with Crippen molar-refractivity contribution in [3.63, 3.8) is 0 Å². The Kier molecular flexibility index (Phi) is 5.31. The van der Waals surface area contributed by atoms with Crippen LogP contribution in [0.15, 0.2) is 18.2 Å². The second kappa shape index (κ2) is 6.76. The van der Waals surface area contributed by atoms with Gasteiger partial charge in [0.15, 0.2) is 0 Å². The van der Waals surface area contributed by atoms with Crippen molar-refractivity contribution in [3.8, 4) is 0 Å². The van der Waals surface area contributed by atoms with Gasteiger partial charge in [0.2, 0.25) is 0 Å². The zero-order valence-electron chi connectivity index (χ0n) is 10.4. The number of aliphatic hydroxyl groups is 1. The van der Waals surface area contributed by atoms with Crippen LogP contribution < -0.4 is 0 Å². The molecule has 1 aromatic rings. The molecule has 0 aliphatic carbocycles. The standard InChI is InChI=1S/C14H19Cl2NO/c15-13-7-4-5-11(14(13)16)9-17-8-3-1-2-6-12(17)10-18/h4-5,7,12,18H,1-3,6,8-10H2. The molecule has 2 nitrogen and oxygen atoms in total. The molecule has 1 atom stereocenters. The number of benzene rings is 1. The fourth-order valence-electron chi connectivity index (χ4n) is 2.54. The summed E-state index contributed by atoms with van der Waals surface area (Å²) in [5.74, 6) is 0. The lowest BCUT2D eigenvalue weighted by atomic mass is 10.1. The molecule has 1 fully saturated rings. The molecule has 4 heteroatoms. The molecule has 1 aliphatic heterocycles. The fourth-order valence-corrected chi connectivity index (χ4v) is 2.92. The molecule has 1 saturated heterocycles. The molecule has 1 N–H and O–H groups in total. The lowest BCUT2D eigenvalue weighted by Crippen LogP contribution is -2.37. The summed E-state index contributed by atoms with van der Waals surface area (Å²) >= 11 is 12.3. The van der Waals surface area contributed by atoms with E-state index in [0.29, 0.717) is 10.0 Å². The molecular formula is C14H19Cl2NO. The van der Waals surface area contributed by atoms with Crippen molar-refractivity contribution < 1.29 is 5.11 Å². The van der Waals surface area contributed by atoms with Gasteiger partial charge in [0.05, 0.1) is 16.7 Å². The molecule has 1 aromatic carbocycles. The summed E-state index contributed by atoms with van der Waals surface area (Å²) in [6.07, 6.45) is 4.70. The van der Waals surface area contributed by atoms with Gasteiger partial charge in [-0.25, -0.2) is 0 Å². The predicted molar refractivity (Wildman–Crippen MR) is 76.2 cm³/mol. The summed E-state index contributed by atoms with van der Waals surface area (Å²) in [6, 6.07) is 5.99. The number of aliphatic hydroxyl groups excluding tert-OH is 1. The molecule has 1 heterocycles. The number of rotatable bonds is 3. The summed E-state index contributed by atoms with van der Waals surface area (Å²) in [7, 11) is 0. The Hall–Kier alpha value is -0.280. The molecule has 1 unspecified atom stereocenters. The number of likely N-dealkylation sites (tertiary alicyclic amines) is 1. The zero-order valence-corrected chi connectivity index (χ0v) is 11.9. The highest BCUT2D eigenvalue weighted by Gasteiger charge is 2.21. The average molecular weight is 288 g/mol. The third-order valence-electron chi connectivity index (χ3n) is 3.61. The lowest BCUT2D eigenvalue weighted by Gasteiger charge is -2.28. The minimum absolute atomic E-state index is 0.220. The van der Waals surface area contributed by atoms with E-state index in [9.17, 15) is 5.11 Å². The highest BCUT2D eigenvalue weighted by molar-refractivity contribution is 6.42. The van der Waals surface area contributed by atoms with Gasteiger partial charge in [0.25, 0.3) is 0 Å². The number of hydrogen-bond donors (Lipinski definition) is 1. The van der Waals surface area contributed by atoms with E-state index >= 15 is 0 Å². The first kappa shape index (κ1) is 14.1. The molecule has 2 rings (SSSR count). The van der Waals surface area contributed by atoms with E-state index < -0.39 is 0 Å². The van der Waals surface area contributed by atoms with E-state index in [2.05, 4.69) is 4.90 Å². The number of nitrogens with zero attached hydrogens (tertiary/aromatic N) is 1. The second-order valence-electron chi connectivity index (χ2n) is 4.87. The van der Waals surface area contributed by atoms with Crippen LogP contribution in [0.2, 0.25) is 10.0 Å². The van der Waals surface area contributed by atoms with Crippen molar-refractivity contribution >= 4 is 23.2 Å². The first-order valence-electron chi connectivity index (χ1n) is 6.50. The summed E-state index contributed by atoms with van der Waals surface area (Å²) in [5, 5.41) is 10.7. The van der Waals surface area contributed by atoms with Crippen molar-refractivity contribution in [2.24, 2.45) is 0 Å². The SMILES string of the molecule is OCC1CCCCCN1Cc1cccc(Cl)c1Cl. The van der Waals surface area contributed by atoms with E-state index in [1.54, 1.807) is 6.07 Å². The zero-order chi connectivity index (χ0) is 13.0. The first-order chi connectivity index (χ1) is 8.72. The lowest BCUT2D eigenvalue weighted by molar-refractivity contribution is 0.118. The Morgan fingerprint density at radius 3 is 2.83 bits per heavy atom. The third kappa shape index (κ3) is 3.39. The quantitative estimate of drug-likeness (QED) is 0.916. The molecule has 0 radical (unpaired) electrons. The Bertz CT molecular complexity index is 397. The summed E-state index contributed by atoms with van der Waals surface area (Å²) in [6.45, 7) is 2.01. The summed E-state index contributed by atoms with van der Waals surface area (Å²) < 4.78 is 0. The van der Waals surface area contributed by atoms with Gasteiger partial charge in [-0.2, -0.15) is 0 Å². The Morgan fingerprint density at radius 1 is 1.22 bits per heavy atom. The van der Waals surface area contributed by atoms with E-state index in [1.807, 2.05) is 12.1 Å². The first-order valence-corrected chi connectivity index (χ1v) is 7.25. The van der Waals surface area contributed by atoms with E-state index in [4.69, 9.17) is 23.2 Å². The average Bonchev–Trinajstić information content (AvgIpc) is 2.60. The van der Waals surface area contributed by atoms with Crippen molar-refractivity contribution in [1.29, 1.82) is 0 Å². The number of halogens is 2. The maximum atomic E-state index is 9.49. The van der Waals surface area contributed by atoms with Crippen molar-refractivity contribution in [3.05, 3.63) is 33.8 Å². The molecular weight excluding hydrogens is 269 g/mol. The highest BCUT2D eigenvalue weighted by Crippen LogP contribution is 2.28. The van der Waals surface area contributed by atoms with Gasteiger partial charge in [-0.1, -0.05) is 48.2 Å². The van der Waals surface area contributed by atoms with Crippen LogP contribution in [0.3, 0.4) is 0 Å². The van der Waals surface area contributed by atoms with Crippen LogP contribution in [0.4, 0.5) is 0 Å². The molecule has 0 spiro atoms. The molecule has 0 aromatic heterocycles. The molecule has 1 aliphatic rings. The third-order valence-corrected chi connectivity index (χ3v) is 4.47. The monoisotopic (exact) mass is 287 g/mol. The molecule has 100 valence electrons. The molecule has 0 amide bonds. The van der Waals surface area contributed by atoms with Gasteiger partial charge in [0.1, 0.15) is 0 Å². The molecule has 0 bridgehead atoms. The Balaban J connectivity index is 2.12. The van der Waals surface area contributed by atoms with Gasteiger partial charge in [-0.05, 0) is 31.0 Å². The van der Waals surface area contributed by atoms with Crippen LogP contribution in [0.5, 0.6) is 0 Å². The summed E-state index contributed by atoms with van der Waals surface area (Å²) in [5.41, 5.74) is 1.05. The summed E-state index contributed by atoms with van der Waals surface area (Å²) in [4.78, 5) is 2.32. The van der Waals surface area contributed by atoms with Gasteiger partial charge in [-0.15, -0.1) is 0 Å². The minimum atomic E-state index is 0.220.